The van der Waals surface area contributed by atoms with Crippen molar-refractivity contribution in [3.05, 3.63) is 159 Å². The highest BCUT2D eigenvalue weighted by molar-refractivity contribution is 8.00. The van der Waals surface area contributed by atoms with Crippen molar-refractivity contribution >= 4 is 99.7 Å². The highest BCUT2D eigenvalue weighted by Crippen LogP contribution is 2.46. The molecule has 111 heavy (non-hydrogen) atoms. The van der Waals surface area contributed by atoms with Crippen molar-refractivity contribution in [3.8, 4) is 56.5 Å². The van der Waals surface area contributed by atoms with E-state index < -0.39 is 11.8 Å². The van der Waals surface area contributed by atoms with Crippen LogP contribution in [0.1, 0.15) is 153 Å². The van der Waals surface area contributed by atoms with E-state index in [4.69, 9.17) is 25.1 Å². The average molecular weight is 1540 g/mol. The van der Waals surface area contributed by atoms with E-state index in [-0.39, 0.29) is 126 Å². The van der Waals surface area contributed by atoms with E-state index in [1.54, 1.807) is 39.9 Å². The number of ketones is 2. The Morgan fingerprint density at radius 1 is 0.586 bits per heavy atom. The lowest BCUT2D eigenvalue weighted by Gasteiger charge is -2.29. The van der Waals surface area contributed by atoms with Gasteiger partial charge in [-0.3, -0.25) is 54.0 Å². The van der Waals surface area contributed by atoms with Crippen LogP contribution >= 0.6 is 23.5 Å². The number of hydrogen-bond acceptors (Lipinski definition) is 18. The zero-order valence-corrected chi connectivity index (χ0v) is 63.6. The number of thioether (sulfide) groups is 2. The number of ether oxygens (including phenoxy) is 1. The zero-order valence-electron chi connectivity index (χ0n) is 61.9. The summed E-state index contributed by atoms with van der Waals surface area (Å²) in [5.74, 6) is 1.88. The summed E-state index contributed by atoms with van der Waals surface area (Å²) in [6.45, 7) is 1.97. The highest BCUT2D eigenvalue weighted by atomic mass is 32.2. The highest BCUT2D eigenvalue weighted by Gasteiger charge is 2.43. The molecule has 5 amide bonds. The van der Waals surface area contributed by atoms with Gasteiger partial charge < -0.3 is 61.7 Å². The van der Waals surface area contributed by atoms with Crippen molar-refractivity contribution in [2.24, 2.45) is 0 Å². The van der Waals surface area contributed by atoms with Crippen LogP contribution in [-0.4, -0.2) is 152 Å². The number of hydrogen-bond donors (Lipinski definition) is 11. The Balaban J connectivity index is 0.615. The predicted octanol–water partition coefficient (Wildman–Crippen LogP) is 9.88. The second-order valence-electron chi connectivity index (χ2n) is 29.1. The number of nitrogens with one attached hydrogen (secondary N) is 10. The van der Waals surface area contributed by atoms with Gasteiger partial charge in [0.05, 0.1) is 42.1 Å². The molecule has 4 saturated heterocycles. The Bertz CT molecular complexity index is 4730. The average Bonchev–Trinajstić information content (AvgIpc) is 1.47. The number of para-hydroxylation sites is 1. The number of Topliss-reactive ketones (excluding diaryl/α,β-unsaturated/α-hetero) is 2. The van der Waals surface area contributed by atoms with Crippen LogP contribution in [0.2, 0.25) is 0 Å². The quantitative estimate of drug-likeness (QED) is 0.00973. The smallest absolute Gasteiger partial charge is 0.298 e. The van der Waals surface area contributed by atoms with Crippen LogP contribution in [0.25, 0.3) is 55.9 Å². The van der Waals surface area contributed by atoms with Crippen molar-refractivity contribution in [2.45, 2.75) is 176 Å². The van der Waals surface area contributed by atoms with E-state index in [2.05, 4.69) is 47.7 Å². The van der Waals surface area contributed by atoms with E-state index in [0.29, 0.717) is 155 Å². The molecule has 5 aromatic carbocycles. The molecule has 1 aromatic heterocycles. The van der Waals surface area contributed by atoms with Gasteiger partial charge in [-0.15, -0.1) is 5.10 Å². The van der Waals surface area contributed by atoms with Gasteiger partial charge in [0.2, 0.25) is 17.7 Å². The molecule has 0 saturated carbocycles. The second-order valence-corrected chi connectivity index (χ2v) is 31.7. The van der Waals surface area contributed by atoms with Crippen LogP contribution in [0, 0.1) is 10.8 Å². The van der Waals surface area contributed by atoms with Crippen molar-refractivity contribution in [1.29, 1.82) is 10.8 Å². The number of aromatic hydroxyl groups is 1. The Hall–Kier alpha value is -10.9. The molecule has 4 fully saturated rings. The number of nitrogens with zero attached hydrogens (tertiary/aromatic N) is 4. The second kappa shape index (κ2) is 37.2. The lowest BCUT2D eigenvalue weighted by molar-refractivity contribution is -0.122. The minimum absolute atomic E-state index is 0.0179. The first-order valence-corrected chi connectivity index (χ1v) is 40.7. The normalized spacial score (nSPS) is 17.9. The fourth-order valence-corrected chi connectivity index (χ4v) is 18.7. The summed E-state index contributed by atoms with van der Waals surface area (Å²) >= 11 is 3.84. The van der Waals surface area contributed by atoms with E-state index in [1.165, 1.54) is 36.4 Å². The summed E-state index contributed by atoms with van der Waals surface area (Å²) in [6, 6.07) is 35.0. The third-order valence-corrected chi connectivity index (χ3v) is 24.2. The van der Waals surface area contributed by atoms with Crippen molar-refractivity contribution in [2.75, 3.05) is 42.6 Å². The van der Waals surface area contributed by atoms with Gasteiger partial charge in [0, 0.05) is 156 Å². The lowest BCUT2D eigenvalue weighted by Crippen LogP contribution is -2.36. The molecule has 7 aliphatic rings. The van der Waals surface area contributed by atoms with Crippen LogP contribution in [0.5, 0.6) is 11.5 Å². The molecule has 6 aromatic rings. The van der Waals surface area contributed by atoms with Gasteiger partial charge in [0.25, 0.3) is 18.3 Å². The molecule has 13 rings (SSSR count). The maximum atomic E-state index is 14.8. The number of carbonyl (C=O) groups is 8. The molecule has 26 nitrogen and oxygen atoms in total. The van der Waals surface area contributed by atoms with E-state index in [0.717, 1.165) is 86.8 Å². The number of carbonyl (C=O) groups excluding carboxylic acids is 8. The van der Waals surface area contributed by atoms with Crippen molar-refractivity contribution in [3.63, 3.8) is 0 Å². The third kappa shape index (κ3) is 19.8. The fraction of sp³-hybridized carbons (Fsp3) is 0.410. The zero-order chi connectivity index (χ0) is 77.3. The predicted molar refractivity (Wildman–Crippen MR) is 428 cm³/mol. The molecule has 1 aliphatic carbocycles. The molecule has 6 unspecified atom stereocenters. The minimum Gasteiger partial charge on any atom is -0.508 e. The number of aromatic nitrogens is 3. The van der Waals surface area contributed by atoms with Gasteiger partial charge in [0.1, 0.15) is 40.1 Å². The van der Waals surface area contributed by atoms with Crippen molar-refractivity contribution < 1.29 is 52.6 Å². The minimum atomic E-state index is -0.468. The van der Waals surface area contributed by atoms with Crippen LogP contribution in [0.3, 0.4) is 0 Å². The first kappa shape index (κ1) is 78.3. The van der Waals surface area contributed by atoms with Crippen LogP contribution < -0.4 is 57.6 Å². The summed E-state index contributed by atoms with van der Waals surface area (Å²) in [4.78, 5) is 122. The first-order valence-electron chi connectivity index (χ1n) is 38.6. The Morgan fingerprint density at radius 2 is 1.20 bits per heavy atom. The number of rotatable bonds is 38. The van der Waals surface area contributed by atoms with E-state index in [9.17, 15) is 48.3 Å². The number of unbranched alkanes of at least 4 members (excludes halogenated alkanes) is 6. The number of benzene rings is 6. The van der Waals surface area contributed by atoms with Gasteiger partial charge in [0.15, 0.2) is 17.3 Å². The molecule has 0 bridgehead atoms. The molecule has 28 heteroatoms. The molecule has 0 spiro atoms. The van der Waals surface area contributed by atoms with Crippen LogP contribution in [0.15, 0.2) is 131 Å². The summed E-state index contributed by atoms with van der Waals surface area (Å²) in [5.41, 5.74) is 7.17. The number of anilines is 1. The summed E-state index contributed by atoms with van der Waals surface area (Å²) in [7, 11) is 0. The number of aryl methyl sites for hydroxylation is 1. The summed E-state index contributed by atoms with van der Waals surface area (Å²) in [6.07, 6.45) is 11.6. The molecule has 6 aliphatic heterocycles. The van der Waals surface area contributed by atoms with E-state index in [1.807, 2.05) is 78.1 Å². The third-order valence-electron chi connectivity index (χ3n) is 21.1. The SMILES string of the molecule is N=C1NC2CSC(CCCCC(=O)NCCCCCC(=O)Cc3cc(CC(=O)CCCCCNC(=O)CCCCC4SCC5NC(=N)NC54)cc(C(=O)NCCC(=O)N4Cc5ccccc5-c5nnn(CCCNC(=O)c6ccc(OC=O)c(-c7c8ccc(=O)cc-8oc8cc(O)ccc78)c6)c5-c5ccccc54)c3)C2N1. The van der Waals surface area contributed by atoms with E-state index >= 15 is 0 Å². The van der Waals surface area contributed by atoms with Gasteiger partial charge in [-0.2, -0.15) is 23.5 Å². The Labute approximate surface area is 651 Å². The topological polar surface area (TPSA) is 374 Å². The number of fused-ring (bicyclic) bond motifs is 9. The number of phenolic OH excluding ortho intramolecular Hbond substituents is 1. The molecule has 580 valence electrons. The lowest BCUT2D eigenvalue weighted by atomic mass is 9.92. The summed E-state index contributed by atoms with van der Waals surface area (Å²) in [5, 5.41) is 61.8. The van der Waals surface area contributed by atoms with Crippen LogP contribution in [0.4, 0.5) is 5.69 Å². The van der Waals surface area contributed by atoms with Crippen LogP contribution in [-0.2, 0) is 54.7 Å². The fourth-order valence-electron chi connectivity index (χ4n) is 15.6. The van der Waals surface area contributed by atoms with Gasteiger partial charge in [-0.25, -0.2) is 4.68 Å². The monoisotopic (exact) mass is 1540 g/mol. The number of phenols is 1. The Morgan fingerprint density at radius 3 is 1.86 bits per heavy atom. The van der Waals surface area contributed by atoms with Gasteiger partial charge >= 0.3 is 0 Å². The van der Waals surface area contributed by atoms with Crippen molar-refractivity contribution in [1.82, 2.24) is 57.5 Å². The molecular weight excluding hydrogens is 1450 g/mol. The number of guanidine groups is 2. The standard InChI is InChI=1S/C83H94N14O12S2/c84-82-90-64-47-110-70(77(64)92-82)22-9-11-24-72(103)86-33-13-1-3-17-55(99)41-50-38-51(42-56(100)18-4-2-14-34-87-73(104)25-12-10-23-71-78-65(48-111-71)91-83(85)93-78)40-54(39-50)81(107)89-36-32-74(105)96-46-53-16-5-6-19-59(53)76-79(60-20-7-8-21-66(60)96)97(95-94-76)37-15-35-88-80(106)52-26-31-67(108-49-98)63(43-52)75-61-29-27-57(101)44-68(61)109-69-45-58(102)28-30-62(69)75/h5-8,16,19-21,26-31,38-40,43-45,49,64-65,70-71,77-78,101H,1-4,9-15,17-18,22-25,32-37,41-42,46-48H2,(H,86,103)(H,87,104)(H,88,106)(H,89,107)(H3,84,90,92)(H3,85,91,93). The van der Waals surface area contributed by atoms with Gasteiger partial charge in [-0.1, -0.05) is 79.4 Å². The number of amides is 5. The molecule has 11 N–H and O–H groups in total. The molecular formula is C83H94N14O12S2. The van der Waals surface area contributed by atoms with Gasteiger partial charge in [-0.05, 0) is 135 Å². The summed E-state index contributed by atoms with van der Waals surface area (Å²) < 4.78 is 13.2. The molecule has 6 atom stereocenters. The molecule has 7 heterocycles. The molecule has 0 radical (unpaired) electrons. The Kier molecular flexibility index (Phi) is 26.2. The first-order chi connectivity index (χ1) is 54.0. The largest absolute Gasteiger partial charge is 0.508 e. The maximum Gasteiger partial charge on any atom is 0.298 e. The maximum absolute atomic E-state index is 14.8.